The summed E-state index contributed by atoms with van der Waals surface area (Å²) in [4.78, 5) is 3.38. The zero-order valence-corrected chi connectivity index (χ0v) is 16.9. The summed E-state index contributed by atoms with van der Waals surface area (Å²) in [7, 11) is 1.63. The average molecular weight is 406 g/mol. The lowest BCUT2D eigenvalue weighted by Crippen LogP contribution is -2.31. The molecule has 0 aliphatic heterocycles. The molecule has 156 valence electrons. The number of aliphatic hydroxyl groups is 1. The summed E-state index contributed by atoms with van der Waals surface area (Å²) in [5, 5.41) is 25.8. The molecule has 4 aromatic rings. The van der Waals surface area contributed by atoms with Crippen molar-refractivity contribution >= 4 is 21.8 Å². The Bertz CT molecular complexity index is 1120. The number of hydrogen-bond acceptors (Lipinski definition) is 5. The molecule has 1 unspecified atom stereocenters. The number of ether oxygens (including phenoxy) is 2. The molecule has 0 saturated heterocycles. The standard InChI is InChI=1S/C24H26N2O4/c1-29-18-7-9-19(10-8-18)30-13-12-25-15-17(27)14-16-6-11-22(28)23-20-4-2-3-5-21(20)26-24(16)23/h2-11,17,25-28H,12-15H2,1H3. The van der Waals surface area contributed by atoms with Gasteiger partial charge in [0.25, 0.3) is 0 Å². The lowest BCUT2D eigenvalue weighted by Gasteiger charge is -2.13. The van der Waals surface area contributed by atoms with Crippen LogP contribution in [0.5, 0.6) is 17.2 Å². The van der Waals surface area contributed by atoms with Crippen molar-refractivity contribution in [2.45, 2.75) is 12.5 Å². The van der Waals surface area contributed by atoms with Gasteiger partial charge in [0.2, 0.25) is 0 Å². The van der Waals surface area contributed by atoms with Crippen LogP contribution in [0.2, 0.25) is 0 Å². The number of nitrogens with one attached hydrogen (secondary N) is 2. The Labute approximate surface area is 175 Å². The fraction of sp³-hybridized carbons (Fsp3) is 0.250. The van der Waals surface area contributed by atoms with E-state index in [4.69, 9.17) is 9.47 Å². The van der Waals surface area contributed by atoms with Gasteiger partial charge in [0, 0.05) is 35.8 Å². The zero-order valence-electron chi connectivity index (χ0n) is 16.9. The molecule has 6 nitrogen and oxygen atoms in total. The van der Waals surface area contributed by atoms with Gasteiger partial charge in [-0.25, -0.2) is 0 Å². The van der Waals surface area contributed by atoms with Crippen molar-refractivity contribution in [1.82, 2.24) is 10.3 Å². The van der Waals surface area contributed by atoms with Gasteiger partial charge in [-0.2, -0.15) is 0 Å². The van der Waals surface area contributed by atoms with Crippen molar-refractivity contribution in [2.24, 2.45) is 0 Å². The minimum absolute atomic E-state index is 0.245. The molecular weight excluding hydrogens is 380 g/mol. The first kappa shape index (κ1) is 20.1. The van der Waals surface area contributed by atoms with Crippen molar-refractivity contribution in [3.63, 3.8) is 0 Å². The number of benzene rings is 3. The number of para-hydroxylation sites is 1. The molecule has 0 radical (unpaired) electrons. The van der Waals surface area contributed by atoms with Gasteiger partial charge in [-0.1, -0.05) is 24.3 Å². The molecule has 0 aliphatic carbocycles. The number of rotatable bonds is 9. The highest BCUT2D eigenvalue weighted by molar-refractivity contribution is 6.11. The van der Waals surface area contributed by atoms with Gasteiger partial charge in [0.05, 0.1) is 18.7 Å². The van der Waals surface area contributed by atoms with E-state index in [0.717, 1.165) is 38.9 Å². The van der Waals surface area contributed by atoms with Crippen LogP contribution in [0.3, 0.4) is 0 Å². The molecule has 0 spiro atoms. The van der Waals surface area contributed by atoms with Crippen LogP contribution < -0.4 is 14.8 Å². The van der Waals surface area contributed by atoms with Crippen LogP contribution in [0.1, 0.15) is 5.56 Å². The van der Waals surface area contributed by atoms with E-state index < -0.39 is 6.10 Å². The van der Waals surface area contributed by atoms with E-state index >= 15 is 0 Å². The molecule has 0 bridgehead atoms. The van der Waals surface area contributed by atoms with Gasteiger partial charge in [0.15, 0.2) is 0 Å². The molecule has 1 atom stereocenters. The van der Waals surface area contributed by atoms with Gasteiger partial charge in [0.1, 0.15) is 23.9 Å². The molecular formula is C24H26N2O4. The summed E-state index contributed by atoms with van der Waals surface area (Å²) < 4.78 is 10.8. The second-order valence-electron chi connectivity index (χ2n) is 7.25. The van der Waals surface area contributed by atoms with Crippen LogP contribution in [-0.2, 0) is 6.42 Å². The maximum absolute atomic E-state index is 10.5. The minimum Gasteiger partial charge on any atom is -0.507 e. The summed E-state index contributed by atoms with van der Waals surface area (Å²) in [6.07, 6.45) is -0.0687. The first-order valence-electron chi connectivity index (χ1n) is 10.0. The van der Waals surface area contributed by atoms with Gasteiger partial charge >= 0.3 is 0 Å². The molecule has 1 heterocycles. The predicted octanol–water partition coefficient (Wildman–Crippen LogP) is 3.61. The van der Waals surface area contributed by atoms with E-state index in [0.29, 0.717) is 26.1 Å². The molecule has 3 aromatic carbocycles. The number of aromatic hydroxyl groups is 1. The minimum atomic E-state index is -0.551. The normalized spacial score (nSPS) is 12.3. The number of hydrogen-bond donors (Lipinski definition) is 4. The van der Waals surface area contributed by atoms with Crippen LogP contribution in [0.15, 0.2) is 60.7 Å². The Hall–Kier alpha value is -3.22. The largest absolute Gasteiger partial charge is 0.507 e. The Morgan fingerprint density at radius 2 is 1.77 bits per heavy atom. The number of methoxy groups -OCH3 is 1. The predicted molar refractivity (Wildman–Crippen MR) is 119 cm³/mol. The monoisotopic (exact) mass is 406 g/mol. The molecule has 4 N–H and O–H groups in total. The highest BCUT2D eigenvalue weighted by Gasteiger charge is 2.14. The highest BCUT2D eigenvalue weighted by Crippen LogP contribution is 2.34. The van der Waals surface area contributed by atoms with Crippen molar-refractivity contribution in [2.75, 3.05) is 26.8 Å². The van der Waals surface area contributed by atoms with E-state index in [9.17, 15) is 10.2 Å². The van der Waals surface area contributed by atoms with Crippen molar-refractivity contribution in [1.29, 1.82) is 0 Å². The second kappa shape index (κ2) is 9.07. The molecule has 0 fully saturated rings. The van der Waals surface area contributed by atoms with Gasteiger partial charge in [-0.15, -0.1) is 0 Å². The first-order valence-corrected chi connectivity index (χ1v) is 10.0. The molecule has 30 heavy (non-hydrogen) atoms. The number of aromatic amines is 1. The van der Waals surface area contributed by atoms with Crippen LogP contribution in [0.4, 0.5) is 0 Å². The number of aromatic nitrogens is 1. The third-order valence-corrected chi connectivity index (χ3v) is 5.17. The molecule has 1 aromatic heterocycles. The first-order chi connectivity index (χ1) is 14.7. The Morgan fingerprint density at radius 3 is 2.57 bits per heavy atom. The van der Waals surface area contributed by atoms with E-state index in [1.807, 2.05) is 54.6 Å². The number of phenols is 1. The lowest BCUT2D eigenvalue weighted by molar-refractivity contribution is 0.169. The summed E-state index contributed by atoms with van der Waals surface area (Å²) in [6.45, 7) is 1.58. The Balaban J connectivity index is 1.31. The van der Waals surface area contributed by atoms with Crippen LogP contribution in [0, 0.1) is 0 Å². The van der Waals surface area contributed by atoms with E-state index in [1.54, 1.807) is 13.2 Å². The van der Waals surface area contributed by atoms with Gasteiger partial charge in [-0.3, -0.25) is 0 Å². The Kier molecular flexibility index (Phi) is 6.07. The summed E-state index contributed by atoms with van der Waals surface area (Å²) >= 11 is 0. The number of H-pyrrole nitrogens is 1. The average Bonchev–Trinajstić information content (AvgIpc) is 3.17. The maximum atomic E-state index is 10.5. The third kappa shape index (κ3) is 4.35. The van der Waals surface area contributed by atoms with E-state index in [-0.39, 0.29) is 5.75 Å². The zero-order chi connectivity index (χ0) is 20.9. The van der Waals surface area contributed by atoms with Crippen LogP contribution in [-0.4, -0.2) is 48.1 Å². The molecule has 6 heteroatoms. The summed E-state index contributed by atoms with van der Waals surface area (Å²) in [5.74, 6) is 1.82. The number of fused-ring (bicyclic) bond motifs is 3. The SMILES string of the molecule is COc1ccc(OCCNCC(O)Cc2ccc(O)c3c2[nH]c2ccccc23)cc1. The van der Waals surface area contributed by atoms with E-state index in [2.05, 4.69) is 10.3 Å². The number of phenolic OH excluding ortho intramolecular Hbond substituents is 1. The van der Waals surface area contributed by atoms with Crippen molar-refractivity contribution < 1.29 is 19.7 Å². The Morgan fingerprint density at radius 1 is 1.00 bits per heavy atom. The second-order valence-corrected chi connectivity index (χ2v) is 7.25. The lowest BCUT2D eigenvalue weighted by atomic mass is 10.0. The van der Waals surface area contributed by atoms with Crippen molar-refractivity contribution in [3.05, 3.63) is 66.2 Å². The highest BCUT2D eigenvalue weighted by atomic mass is 16.5. The fourth-order valence-electron chi connectivity index (χ4n) is 3.67. The van der Waals surface area contributed by atoms with Crippen LogP contribution >= 0.6 is 0 Å². The fourth-order valence-corrected chi connectivity index (χ4v) is 3.67. The number of aliphatic hydroxyl groups excluding tert-OH is 1. The van der Waals surface area contributed by atoms with Gasteiger partial charge < -0.3 is 30.0 Å². The smallest absolute Gasteiger partial charge is 0.125 e. The van der Waals surface area contributed by atoms with Crippen LogP contribution in [0.25, 0.3) is 21.8 Å². The molecule has 4 rings (SSSR count). The molecule has 0 saturated carbocycles. The summed E-state index contributed by atoms with van der Waals surface area (Å²) in [6, 6.07) is 18.9. The van der Waals surface area contributed by atoms with Crippen molar-refractivity contribution in [3.8, 4) is 17.2 Å². The summed E-state index contributed by atoms with van der Waals surface area (Å²) in [5.41, 5.74) is 2.82. The topological polar surface area (TPSA) is 86.7 Å². The molecule has 0 aliphatic rings. The molecule has 0 amide bonds. The third-order valence-electron chi connectivity index (χ3n) is 5.17. The quantitative estimate of drug-likeness (QED) is 0.319. The maximum Gasteiger partial charge on any atom is 0.125 e. The van der Waals surface area contributed by atoms with Gasteiger partial charge in [-0.05, 0) is 42.0 Å². The van der Waals surface area contributed by atoms with E-state index in [1.165, 1.54) is 0 Å².